The molecule has 2 aromatic rings. The number of hydrogen-bond donors (Lipinski definition) is 1. The highest BCUT2D eigenvalue weighted by atomic mass is 19.1. The maximum absolute atomic E-state index is 13.5. The van der Waals surface area contributed by atoms with Crippen LogP contribution < -0.4 is 10.2 Å². The summed E-state index contributed by atoms with van der Waals surface area (Å²) >= 11 is 0. The largest absolute Gasteiger partial charge is 0.344 e. The first-order valence-corrected chi connectivity index (χ1v) is 7.41. The number of anilines is 2. The third-order valence-corrected chi connectivity index (χ3v) is 3.53. The molecule has 112 valence electrons. The Morgan fingerprint density at radius 2 is 1.95 bits per heavy atom. The van der Waals surface area contributed by atoms with E-state index in [1.807, 2.05) is 19.2 Å². The molecule has 2 rings (SSSR count). The average molecular weight is 286 g/mol. The average Bonchev–Trinajstić information content (AvgIpc) is 2.47. The number of nitrogens with zero attached hydrogens (tertiary/aromatic N) is 1. The van der Waals surface area contributed by atoms with Crippen molar-refractivity contribution in [2.24, 2.45) is 0 Å². The van der Waals surface area contributed by atoms with Gasteiger partial charge in [-0.2, -0.15) is 0 Å². The number of nitrogens with one attached hydrogen (secondary N) is 1. The Hall–Kier alpha value is -1.87. The Balaban J connectivity index is 2.29. The first-order chi connectivity index (χ1) is 10.1. The van der Waals surface area contributed by atoms with Crippen LogP contribution in [0.2, 0.25) is 0 Å². The lowest BCUT2D eigenvalue weighted by Gasteiger charge is -2.23. The standard InChI is InChI=1S/C18H23FN2/c1-4-10-20-13-15-12-16(19)8-9-18(15)21(3)17-7-5-6-14(2)11-17/h5-9,11-12,20H,4,10,13H2,1-3H3. The van der Waals surface area contributed by atoms with Crippen molar-refractivity contribution in [3.8, 4) is 0 Å². The predicted octanol–water partition coefficient (Wildman–Crippen LogP) is 4.40. The highest BCUT2D eigenvalue weighted by Crippen LogP contribution is 2.28. The SMILES string of the molecule is CCCNCc1cc(F)ccc1N(C)c1cccc(C)c1. The molecule has 0 radical (unpaired) electrons. The zero-order valence-electron chi connectivity index (χ0n) is 13.0. The van der Waals surface area contributed by atoms with Crippen LogP contribution in [0.25, 0.3) is 0 Å². The minimum Gasteiger partial charge on any atom is -0.344 e. The van der Waals surface area contributed by atoms with Gasteiger partial charge in [-0.1, -0.05) is 19.1 Å². The van der Waals surface area contributed by atoms with Gasteiger partial charge >= 0.3 is 0 Å². The Bertz CT molecular complexity index is 596. The van der Waals surface area contributed by atoms with Crippen LogP contribution in [0.4, 0.5) is 15.8 Å². The van der Waals surface area contributed by atoms with Crippen molar-refractivity contribution in [3.63, 3.8) is 0 Å². The smallest absolute Gasteiger partial charge is 0.123 e. The van der Waals surface area contributed by atoms with E-state index in [0.717, 1.165) is 29.9 Å². The van der Waals surface area contributed by atoms with Crippen molar-refractivity contribution >= 4 is 11.4 Å². The van der Waals surface area contributed by atoms with E-state index in [9.17, 15) is 4.39 Å². The topological polar surface area (TPSA) is 15.3 Å². The van der Waals surface area contributed by atoms with Gasteiger partial charge in [-0.25, -0.2) is 4.39 Å². The van der Waals surface area contributed by atoms with Crippen molar-refractivity contribution in [3.05, 3.63) is 59.4 Å². The quantitative estimate of drug-likeness (QED) is 0.792. The summed E-state index contributed by atoms with van der Waals surface area (Å²) < 4.78 is 13.5. The van der Waals surface area contributed by atoms with E-state index in [1.165, 1.54) is 11.6 Å². The monoisotopic (exact) mass is 286 g/mol. The van der Waals surface area contributed by atoms with E-state index in [-0.39, 0.29) is 5.82 Å². The Kier molecular flexibility index (Phi) is 5.34. The van der Waals surface area contributed by atoms with E-state index in [4.69, 9.17) is 0 Å². The number of rotatable bonds is 6. The van der Waals surface area contributed by atoms with Crippen molar-refractivity contribution in [2.75, 3.05) is 18.5 Å². The van der Waals surface area contributed by atoms with Gasteiger partial charge in [-0.05, 0) is 61.3 Å². The molecule has 0 aromatic heterocycles. The lowest BCUT2D eigenvalue weighted by atomic mass is 10.1. The van der Waals surface area contributed by atoms with E-state index in [1.54, 1.807) is 6.07 Å². The van der Waals surface area contributed by atoms with Gasteiger partial charge in [0.15, 0.2) is 0 Å². The molecule has 0 amide bonds. The summed E-state index contributed by atoms with van der Waals surface area (Å²) in [5, 5.41) is 3.34. The van der Waals surface area contributed by atoms with Crippen LogP contribution in [-0.2, 0) is 6.54 Å². The molecule has 0 saturated carbocycles. The molecule has 3 heteroatoms. The minimum atomic E-state index is -0.190. The molecule has 2 aromatic carbocycles. The van der Waals surface area contributed by atoms with Gasteiger partial charge < -0.3 is 10.2 Å². The maximum Gasteiger partial charge on any atom is 0.123 e. The van der Waals surface area contributed by atoms with E-state index in [0.29, 0.717) is 6.54 Å². The lowest BCUT2D eigenvalue weighted by Crippen LogP contribution is -2.18. The van der Waals surface area contributed by atoms with Gasteiger partial charge in [-0.15, -0.1) is 0 Å². The molecule has 0 saturated heterocycles. The highest BCUT2D eigenvalue weighted by Gasteiger charge is 2.10. The second kappa shape index (κ2) is 7.23. The number of hydrogen-bond acceptors (Lipinski definition) is 2. The fourth-order valence-electron chi connectivity index (χ4n) is 2.40. The number of aryl methyl sites for hydroxylation is 1. The third-order valence-electron chi connectivity index (χ3n) is 3.53. The summed E-state index contributed by atoms with van der Waals surface area (Å²) in [6.07, 6.45) is 1.07. The number of benzene rings is 2. The van der Waals surface area contributed by atoms with Crippen LogP contribution in [0.3, 0.4) is 0 Å². The maximum atomic E-state index is 13.5. The second-order valence-electron chi connectivity index (χ2n) is 5.35. The molecule has 1 N–H and O–H groups in total. The highest BCUT2D eigenvalue weighted by molar-refractivity contribution is 5.66. The normalized spacial score (nSPS) is 10.7. The van der Waals surface area contributed by atoms with Crippen LogP contribution >= 0.6 is 0 Å². The number of halogens is 1. The molecule has 21 heavy (non-hydrogen) atoms. The summed E-state index contributed by atoms with van der Waals surface area (Å²) in [5.74, 6) is -0.190. The Morgan fingerprint density at radius 1 is 1.14 bits per heavy atom. The van der Waals surface area contributed by atoms with Gasteiger partial charge in [0, 0.05) is 25.0 Å². The van der Waals surface area contributed by atoms with Crippen molar-refractivity contribution < 1.29 is 4.39 Å². The van der Waals surface area contributed by atoms with Crippen molar-refractivity contribution in [1.29, 1.82) is 0 Å². The van der Waals surface area contributed by atoms with Gasteiger partial charge in [0.05, 0.1) is 0 Å². The zero-order chi connectivity index (χ0) is 15.2. The molecule has 0 aliphatic carbocycles. The molecule has 0 bridgehead atoms. The summed E-state index contributed by atoms with van der Waals surface area (Å²) in [6.45, 7) is 5.81. The van der Waals surface area contributed by atoms with Crippen LogP contribution in [0.1, 0.15) is 24.5 Å². The first kappa shape index (κ1) is 15.5. The molecule has 0 atom stereocenters. The van der Waals surface area contributed by atoms with E-state index < -0.39 is 0 Å². The fourth-order valence-corrected chi connectivity index (χ4v) is 2.40. The molecular weight excluding hydrogens is 263 g/mol. The Labute approximate surface area is 126 Å². The van der Waals surface area contributed by atoms with Gasteiger partial charge in [0.2, 0.25) is 0 Å². The van der Waals surface area contributed by atoms with Crippen LogP contribution in [0.15, 0.2) is 42.5 Å². The van der Waals surface area contributed by atoms with Crippen molar-refractivity contribution in [1.82, 2.24) is 5.32 Å². The summed E-state index contributed by atoms with van der Waals surface area (Å²) in [7, 11) is 2.02. The van der Waals surface area contributed by atoms with Crippen LogP contribution in [0.5, 0.6) is 0 Å². The fraction of sp³-hybridized carbons (Fsp3) is 0.333. The molecule has 0 aliphatic heterocycles. The van der Waals surface area contributed by atoms with E-state index >= 15 is 0 Å². The van der Waals surface area contributed by atoms with Gasteiger partial charge in [0.25, 0.3) is 0 Å². The summed E-state index contributed by atoms with van der Waals surface area (Å²) in [6, 6.07) is 13.3. The lowest BCUT2D eigenvalue weighted by molar-refractivity contribution is 0.619. The second-order valence-corrected chi connectivity index (χ2v) is 5.35. The molecule has 0 fully saturated rings. The van der Waals surface area contributed by atoms with Gasteiger partial charge in [0.1, 0.15) is 5.82 Å². The summed E-state index contributed by atoms with van der Waals surface area (Å²) in [4.78, 5) is 2.11. The van der Waals surface area contributed by atoms with Crippen LogP contribution in [0, 0.1) is 12.7 Å². The van der Waals surface area contributed by atoms with Crippen molar-refractivity contribution in [2.45, 2.75) is 26.8 Å². The van der Waals surface area contributed by atoms with Gasteiger partial charge in [-0.3, -0.25) is 0 Å². The molecule has 0 heterocycles. The Morgan fingerprint density at radius 3 is 2.67 bits per heavy atom. The third kappa shape index (κ3) is 4.05. The first-order valence-electron chi connectivity index (χ1n) is 7.41. The molecule has 2 nitrogen and oxygen atoms in total. The zero-order valence-corrected chi connectivity index (χ0v) is 13.0. The van der Waals surface area contributed by atoms with Crippen LogP contribution in [-0.4, -0.2) is 13.6 Å². The molecular formula is C18H23FN2. The molecule has 0 aliphatic rings. The molecule has 0 spiro atoms. The minimum absolute atomic E-state index is 0.190. The predicted molar refractivity (Wildman–Crippen MR) is 87.6 cm³/mol. The molecule has 0 unspecified atom stereocenters. The van der Waals surface area contributed by atoms with E-state index in [2.05, 4.69) is 42.3 Å². The summed E-state index contributed by atoms with van der Waals surface area (Å²) in [5.41, 5.74) is 4.34.